The number of anilines is 2. The number of aliphatic hydroxyl groups excluding tert-OH is 1. The van der Waals surface area contributed by atoms with Crippen LogP contribution in [0.4, 0.5) is 21.8 Å². The SMILES string of the molecule is CCC1(C)C(C)=Nc2c(C)cc(-c3nc(Nc4ccc5c(n4)CCN(C(=O)CO)C5)ncc3F)cc21. The first-order valence-corrected chi connectivity index (χ1v) is 12.1. The Labute approximate surface area is 209 Å². The number of benzene rings is 1. The predicted molar refractivity (Wildman–Crippen MR) is 136 cm³/mol. The number of halogens is 1. The lowest BCUT2D eigenvalue weighted by atomic mass is 9.76. The minimum Gasteiger partial charge on any atom is -0.387 e. The zero-order chi connectivity index (χ0) is 25.6. The second-order valence-electron chi connectivity index (χ2n) is 9.61. The van der Waals surface area contributed by atoms with Crippen molar-refractivity contribution >= 4 is 29.1 Å². The third-order valence-corrected chi connectivity index (χ3v) is 7.47. The van der Waals surface area contributed by atoms with Crippen molar-refractivity contribution in [3.63, 3.8) is 0 Å². The normalized spacial score (nSPS) is 18.5. The van der Waals surface area contributed by atoms with Crippen molar-refractivity contribution < 1.29 is 14.3 Å². The summed E-state index contributed by atoms with van der Waals surface area (Å²) in [7, 11) is 0. The molecule has 0 saturated carbocycles. The number of hydrogen-bond acceptors (Lipinski definition) is 7. The van der Waals surface area contributed by atoms with Crippen LogP contribution >= 0.6 is 0 Å². The summed E-state index contributed by atoms with van der Waals surface area (Å²) in [6.45, 7) is 8.76. The van der Waals surface area contributed by atoms with Gasteiger partial charge < -0.3 is 15.3 Å². The third-order valence-electron chi connectivity index (χ3n) is 7.47. The second kappa shape index (κ2) is 9.05. The molecular weight excluding hydrogens is 459 g/mol. The summed E-state index contributed by atoms with van der Waals surface area (Å²) in [6, 6.07) is 7.59. The summed E-state index contributed by atoms with van der Waals surface area (Å²) < 4.78 is 14.9. The number of carbonyl (C=O) groups is 1. The molecule has 3 aromatic rings. The zero-order valence-corrected chi connectivity index (χ0v) is 20.9. The van der Waals surface area contributed by atoms with E-state index in [9.17, 15) is 9.18 Å². The molecule has 36 heavy (non-hydrogen) atoms. The number of nitrogens with one attached hydrogen (secondary N) is 1. The van der Waals surface area contributed by atoms with Gasteiger partial charge in [-0.15, -0.1) is 0 Å². The summed E-state index contributed by atoms with van der Waals surface area (Å²) in [5, 5.41) is 12.2. The first kappa shape index (κ1) is 24.0. The Morgan fingerprint density at radius 2 is 2.06 bits per heavy atom. The van der Waals surface area contributed by atoms with Crippen molar-refractivity contribution in [1.82, 2.24) is 19.9 Å². The van der Waals surface area contributed by atoms with Crippen molar-refractivity contribution in [1.29, 1.82) is 0 Å². The minimum absolute atomic E-state index is 0.189. The number of carbonyl (C=O) groups excluding carboxylic acids is 1. The first-order chi connectivity index (χ1) is 17.2. The van der Waals surface area contributed by atoms with Crippen molar-refractivity contribution in [2.24, 2.45) is 4.99 Å². The summed E-state index contributed by atoms with van der Waals surface area (Å²) in [5.74, 6) is -0.00446. The van der Waals surface area contributed by atoms with Crippen molar-refractivity contribution in [3.05, 3.63) is 58.7 Å². The molecule has 9 heteroatoms. The van der Waals surface area contributed by atoms with E-state index in [1.54, 1.807) is 11.0 Å². The van der Waals surface area contributed by atoms with Gasteiger partial charge in [0, 0.05) is 41.9 Å². The quantitative estimate of drug-likeness (QED) is 0.552. The molecule has 1 amide bonds. The maximum absolute atomic E-state index is 14.9. The maximum atomic E-state index is 14.9. The third kappa shape index (κ3) is 4.03. The van der Waals surface area contributed by atoms with Crippen LogP contribution in [-0.2, 0) is 23.2 Å². The van der Waals surface area contributed by atoms with Gasteiger partial charge in [-0.25, -0.2) is 19.3 Å². The van der Waals surface area contributed by atoms with Gasteiger partial charge in [0.2, 0.25) is 11.9 Å². The number of nitrogens with zero attached hydrogens (tertiary/aromatic N) is 5. The highest BCUT2D eigenvalue weighted by atomic mass is 19.1. The van der Waals surface area contributed by atoms with E-state index < -0.39 is 12.4 Å². The van der Waals surface area contributed by atoms with Gasteiger partial charge in [-0.1, -0.05) is 19.9 Å². The summed E-state index contributed by atoms with van der Waals surface area (Å²) in [6.07, 6.45) is 2.65. The van der Waals surface area contributed by atoms with Gasteiger partial charge in [-0.3, -0.25) is 9.79 Å². The van der Waals surface area contributed by atoms with E-state index in [2.05, 4.69) is 34.1 Å². The summed E-state index contributed by atoms with van der Waals surface area (Å²) in [5.41, 5.74) is 6.62. The number of aromatic nitrogens is 3. The Morgan fingerprint density at radius 3 is 2.81 bits per heavy atom. The van der Waals surface area contributed by atoms with Gasteiger partial charge in [0.15, 0.2) is 5.82 Å². The number of rotatable bonds is 5. The van der Waals surface area contributed by atoms with Gasteiger partial charge in [0.05, 0.1) is 11.9 Å². The maximum Gasteiger partial charge on any atom is 0.248 e. The molecule has 2 aliphatic heterocycles. The molecule has 0 saturated heterocycles. The van der Waals surface area contributed by atoms with E-state index in [0.717, 1.165) is 40.2 Å². The molecule has 5 rings (SSSR count). The van der Waals surface area contributed by atoms with Gasteiger partial charge >= 0.3 is 0 Å². The highest BCUT2D eigenvalue weighted by molar-refractivity contribution is 6.01. The zero-order valence-electron chi connectivity index (χ0n) is 20.9. The van der Waals surface area contributed by atoms with Crippen LogP contribution < -0.4 is 5.32 Å². The Balaban J connectivity index is 1.43. The van der Waals surface area contributed by atoms with E-state index in [1.807, 2.05) is 32.0 Å². The number of aliphatic hydroxyl groups is 1. The predicted octanol–water partition coefficient (Wildman–Crippen LogP) is 4.38. The van der Waals surface area contributed by atoms with Gasteiger partial charge in [0.25, 0.3) is 0 Å². The van der Waals surface area contributed by atoms with E-state index in [0.29, 0.717) is 30.9 Å². The van der Waals surface area contributed by atoms with Crippen molar-refractivity contribution in [2.75, 3.05) is 18.5 Å². The van der Waals surface area contributed by atoms with Gasteiger partial charge in [-0.05, 0) is 55.2 Å². The minimum atomic E-state index is -0.499. The molecule has 0 radical (unpaired) electrons. The molecule has 0 aliphatic carbocycles. The van der Waals surface area contributed by atoms with Gasteiger partial charge in [0.1, 0.15) is 18.1 Å². The molecule has 2 N–H and O–H groups in total. The highest BCUT2D eigenvalue weighted by Gasteiger charge is 2.36. The molecule has 1 atom stereocenters. The summed E-state index contributed by atoms with van der Waals surface area (Å²) in [4.78, 5) is 31.5. The van der Waals surface area contributed by atoms with E-state index in [-0.39, 0.29) is 23.0 Å². The highest BCUT2D eigenvalue weighted by Crippen LogP contribution is 2.46. The number of aryl methyl sites for hydroxylation is 1. The fourth-order valence-corrected chi connectivity index (χ4v) is 4.96. The van der Waals surface area contributed by atoms with Crippen LogP contribution in [0.1, 0.15) is 49.6 Å². The lowest BCUT2D eigenvalue weighted by Crippen LogP contribution is -2.37. The van der Waals surface area contributed by atoms with Crippen LogP contribution in [0.2, 0.25) is 0 Å². The smallest absolute Gasteiger partial charge is 0.248 e. The Morgan fingerprint density at radius 1 is 1.25 bits per heavy atom. The molecule has 0 fully saturated rings. The van der Waals surface area contributed by atoms with Crippen LogP contribution in [0.5, 0.6) is 0 Å². The lowest BCUT2D eigenvalue weighted by molar-refractivity contribution is -0.135. The monoisotopic (exact) mass is 488 g/mol. The number of aliphatic imine (C=N–C) groups is 1. The molecule has 4 heterocycles. The molecule has 0 bridgehead atoms. The molecule has 1 aromatic carbocycles. The largest absolute Gasteiger partial charge is 0.387 e. The topological polar surface area (TPSA) is 104 Å². The average molecular weight is 489 g/mol. The number of fused-ring (bicyclic) bond motifs is 2. The molecule has 186 valence electrons. The molecule has 1 unspecified atom stereocenters. The number of amides is 1. The molecule has 0 spiro atoms. The van der Waals surface area contributed by atoms with Crippen LogP contribution in [0.3, 0.4) is 0 Å². The van der Waals surface area contributed by atoms with E-state index in [1.165, 1.54) is 6.20 Å². The Bertz CT molecular complexity index is 1410. The van der Waals surface area contributed by atoms with Crippen LogP contribution in [-0.4, -0.2) is 49.7 Å². The number of pyridine rings is 1. The summed E-state index contributed by atoms with van der Waals surface area (Å²) >= 11 is 0. The molecule has 2 aromatic heterocycles. The standard InChI is InChI=1S/C27H29FN6O2/c1-5-27(4)16(3)30-24-15(2)10-18(11-19(24)27)25-20(28)12-29-26(33-25)32-22-7-6-17-13-34(23(36)14-35)9-8-21(17)31-22/h6-7,10-12,35H,5,8-9,13-14H2,1-4H3,(H,29,31,32,33). The van der Waals surface area contributed by atoms with E-state index >= 15 is 0 Å². The lowest BCUT2D eigenvalue weighted by Gasteiger charge is -2.28. The van der Waals surface area contributed by atoms with Crippen LogP contribution in [0, 0.1) is 12.7 Å². The number of hydrogen-bond donors (Lipinski definition) is 2. The van der Waals surface area contributed by atoms with Crippen molar-refractivity contribution in [2.45, 2.75) is 52.5 Å². The molecular formula is C27H29FN6O2. The van der Waals surface area contributed by atoms with Crippen LogP contribution in [0.25, 0.3) is 11.3 Å². The molecule has 2 aliphatic rings. The Kier molecular flexibility index (Phi) is 6.04. The fraction of sp³-hybridized carbons (Fsp3) is 0.370. The average Bonchev–Trinajstić information content (AvgIpc) is 3.15. The fourth-order valence-electron chi connectivity index (χ4n) is 4.96. The van der Waals surface area contributed by atoms with Gasteiger partial charge in [-0.2, -0.15) is 0 Å². The molecule has 8 nitrogen and oxygen atoms in total. The second-order valence-corrected chi connectivity index (χ2v) is 9.61. The van der Waals surface area contributed by atoms with Crippen LogP contribution in [0.15, 0.2) is 35.5 Å². The Hall–Kier alpha value is -3.72. The van der Waals surface area contributed by atoms with E-state index in [4.69, 9.17) is 10.1 Å². The van der Waals surface area contributed by atoms with Crippen molar-refractivity contribution in [3.8, 4) is 11.3 Å². The first-order valence-electron chi connectivity index (χ1n) is 12.1.